The summed E-state index contributed by atoms with van der Waals surface area (Å²) < 4.78 is 0. The molecule has 1 aromatic rings. The largest absolute Gasteiger partial charge is 0.465 e. The van der Waals surface area contributed by atoms with Crippen LogP contribution in [0.1, 0.15) is 5.56 Å². The summed E-state index contributed by atoms with van der Waals surface area (Å²) in [5.41, 5.74) is 0.874. The van der Waals surface area contributed by atoms with Crippen molar-refractivity contribution in [3.05, 3.63) is 23.9 Å². The highest BCUT2D eigenvalue weighted by Gasteiger charge is 1.98. The van der Waals surface area contributed by atoms with Gasteiger partial charge < -0.3 is 10.2 Å². The van der Waals surface area contributed by atoms with Crippen molar-refractivity contribution in [2.24, 2.45) is 0 Å². The number of nitrogens with one attached hydrogen (secondary N) is 1. The highest BCUT2D eigenvalue weighted by Crippen LogP contribution is 2.04. The molecular weight excluding hydrogens is 172 g/mol. The van der Waals surface area contributed by atoms with Crippen LogP contribution in [0.15, 0.2) is 18.3 Å². The Labute approximate surface area is 75.0 Å². The van der Waals surface area contributed by atoms with E-state index in [-0.39, 0.29) is 12.4 Å². The zero-order chi connectivity index (χ0) is 9.68. The van der Waals surface area contributed by atoms with Crippen LogP contribution in [0.5, 0.6) is 0 Å². The molecule has 3 N–H and O–H groups in total. The molecule has 70 valence electrons. The first-order valence-corrected chi connectivity index (χ1v) is 3.78. The fourth-order valence-electron chi connectivity index (χ4n) is 0.885. The molecule has 0 aromatic carbocycles. The molecule has 1 heterocycles. The summed E-state index contributed by atoms with van der Waals surface area (Å²) in [5.74, 6) is 0.286. The highest BCUT2D eigenvalue weighted by molar-refractivity contribution is 5.81. The first kappa shape index (κ1) is 9.47. The number of pyridine rings is 1. The van der Waals surface area contributed by atoms with Crippen molar-refractivity contribution < 1.29 is 15.0 Å². The van der Waals surface area contributed by atoms with Crippen LogP contribution < -0.4 is 5.32 Å². The summed E-state index contributed by atoms with van der Waals surface area (Å²) >= 11 is 0. The van der Waals surface area contributed by atoms with Crippen molar-refractivity contribution in [1.82, 2.24) is 4.98 Å². The van der Waals surface area contributed by atoms with Gasteiger partial charge in [-0.15, -0.1) is 0 Å². The van der Waals surface area contributed by atoms with Crippen LogP contribution >= 0.6 is 0 Å². The minimum atomic E-state index is -1.14. The quantitative estimate of drug-likeness (QED) is 0.642. The Morgan fingerprint density at radius 1 is 1.54 bits per heavy atom. The molecule has 0 unspecified atom stereocenters. The molecule has 0 spiro atoms. The average Bonchev–Trinajstić information content (AvgIpc) is 2.08. The predicted octanol–water partition coefficient (Wildman–Crippen LogP) is 0.706. The molecule has 13 heavy (non-hydrogen) atoms. The Morgan fingerprint density at radius 3 is 2.77 bits per heavy atom. The fraction of sp³-hybridized carbons (Fsp3) is 0.250. The van der Waals surface area contributed by atoms with Gasteiger partial charge in [0.2, 0.25) is 0 Å². The molecule has 0 atom stereocenters. The third-order valence-electron chi connectivity index (χ3n) is 1.46. The monoisotopic (exact) mass is 182 g/mol. The predicted molar refractivity (Wildman–Crippen MR) is 46.7 cm³/mol. The van der Waals surface area contributed by atoms with E-state index < -0.39 is 6.09 Å². The van der Waals surface area contributed by atoms with Gasteiger partial charge in [0, 0.05) is 12.8 Å². The number of amides is 1. The van der Waals surface area contributed by atoms with Gasteiger partial charge in [-0.05, 0) is 18.1 Å². The summed E-state index contributed by atoms with van der Waals surface area (Å²) in [5, 5.41) is 19.1. The molecule has 0 aliphatic carbocycles. The molecule has 1 amide bonds. The van der Waals surface area contributed by atoms with Gasteiger partial charge in [0.05, 0.1) is 0 Å². The van der Waals surface area contributed by atoms with Crippen LogP contribution in [-0.4, -0.2) is 27.9 Å². The summed E-state index contributed by atoms with van der Waals surface area (Å²) in [6.07, 6.45) is 0.921. The molecule has 5 nitrogen and oxygen atoms in total. The lowest BCUT2D eigenvalue weighted by Crippen LogP contribution is -2.08. The van der Waals surface area contributed by atoms with E-state index in [9.17, 15) is 4.79 Å². The van der Waals surface area contributed by atoms with Crippen molar-refractivity contribution in [2.45, 2.75) is 6.42 Å². The van der Waals surface area contributed by atoms with Crippen molar-refractivity contribution >= 4 is 11.9 Å². The lowest BCUT2D eigenvalue weighted by atomic mass is 10.2. The first-order valence-electron chi connectivity index (χ1n) is 3.78. The van der Waals surface area contributed by atoms with Gasteiger partial charge in [0.25, 0.3) is 0 Å². The van der Waals surface area contributed by atoms with Gasteiger partial charge >= 0.3 is 6.09 Å². The lowest BCUT2D eigenvalue weighted by molar-refractivity contribution is 0.209. The molecule has 0 aliphatic rings. The highest BCUT2D eigenvalue weighted by atomic mass is 16.4. The van der Waals surface area contributed by atoms with Crippen molar-refractivity contribution in [3.8, 4) is 0 Å². The number of carboxylic acid groups (broad SMARTS) is 1. The first-order chi connectivity index (χ1) is 6.22. The summed E-state index contributed by atoms with van der Waals surface area (Å²) in [6, 6.07) is 3.27. The number of rotatable bonds is 3. The number of carbonyl (C=O) groups is 1. The maximum absolute atomic E-state index is 10.2. The number of hydrogen-bond donors (Lipinski definition) is 3. The normalized spacial score (nSPS) is 9.62. The molecule has 0 bridgehead atoms. The smallest absolute Gasteiger partial charge is 0.410 e. The lowest BCUT2D eigenvalue weighted by Gasteiger charge is -2.00. The number of nitrogens with zero attached hydrogens (tertiary/aromatic N) is 1. The van der Waals surface area contributed by atoms with Crippen LogP contribution in [0.4, 0.5) is 10.6 Å². The standard InChI is InChI=1S/C8H10N2O3/c11-4-3-6-1-2-7(9-5-6)10-8(12)13/h1-2,5,11H,3-4H2,(H,9,10)(H,12,13). The van der Waals surface area contributed by atoms with Crippen molar-refractivity contribution in [1.29, 1.82) is 0 Å². The third kappa shape index (κ3) is 3.08. The van der Waals surface area contributed by atoms with Crippen LogP contribution in [0.2, 0.25) is 0 Å². The number of hydrogen-bond acceptors (Lipinski definition) is 3. The van der Waals surface area contributed by atoms with Crippen LogP contribution in [-0.2, 0) is 6.42 Å². The Balaban J connectivity index is 2.64. The van der Waals surface area contributed by atoms with E-state index in [0.29, 0.717) is 6.42 Å². The van der Waals surface area contributed by atoms with Crippen molar-refractivity contribution in [3.63, 3.8) is 0 Å². The Bertz CT molecular complexity index is 284. The second kappa shape index (κ2) is 4.42. The van der Waals surface area contributed by atoms with E-state index in [2.05, 4.69) is 10.3 Å². The number of aromatic nitrogens is 1. The minimum absolute atomic E-state index is 0.0629. The molecule has 0 radical (unpaired) electrons. The Kier molecular flexibility index (Phi) is 3.22. The summed E-state index contributed by atoms with van der Waals surface area (Å²) in [6.45, 7) is 0.0629. The van der Waals surface area contributed by atoms with Gasteiger partial charge in [0.15, 0.2) is 0 Å². The summed E-state index contributed by atoms with van der Waals surface area (Å²) in [7, 11) is 0. The second-order valence-corrected chi connectivity index (χ2v) is 2.46. The third-order valence-corrected chi connectivity index (χ3v) is 1.46. The van der Waals surface area contributed by atoms with Crippen LogP contribution in [0.25, 0.3) is 0 Å². The Hall–Kier alpha value is -1.62. The number of aliphatic hydroxyl groups excluding tert-OH is 1. The van der Waals surface area contributed by atoms with E-state index in [1.165, 1.54) is 6.20 Å². The molecule has 1 aromatic heterocycles. The zero-order valence-corrected chi connectivity index (χ0v) is 6.90. The van der Waals surface area contributed by atoms with E-state index in [0.717, 1.165) is 5.56 Å². The average molecular weight is 182 g/mol. The number of anilines is 1. The van der Waals surface area contributed by atoms with Crippen molar-refractivity contribution in [2.75, 3.05) is 11.9 Å². The molecule has 0 fully saturated rings. The van der Waals surface area contributed by atoms with Gasteiger partial charge in [-0.3, -0.25) is 5.32 Å². The van der Waals surface area contributed by atoms with Crippen LogP contribution in [0, 0.1) is 0 Å². The van der Waals surface area contributed by atoms with Crippen LogP contribution in [0.3, 0.4) is 0 Å². The van der Waals surface area contributed by atoms with Gasteiger partial charge in [-0.25, -0.2) is 9.78 Å². The number of aliphatic hydroxyl groups is 1. The van der Waals surface area contributed by atoms with E-state index >= 15 is 0 Å². The van der Waals surface area contributed by atoms with E-state index in [1.54, 1.807) is 12.1 Å². The molecule has 0 aliphatic heterocycles. The molecule has 1 rings (SSSR count). The van der Waals surface area contributed by atoms with Gasteiger partial charge in [0.1, 0.15) is 5.82 Å². The zero-order valence-electron chi connectivity index (χ0n) is 6.90. The van der Waals surface area contributed by atoms with Gasteiger partial charge in [-0.2, -0.15) is 0 Å². The molecule has 0 saturated heterocycles. The molecule has 0 saturated carbocycles. The summed E-state index contributed by atoms with van der Waals surface area (Å²) in [4.78, 5) is 14.0. The second-order valence-electron chi connectivity index (χ2n) is 2.46. The maximum Gasteiger partial charge on any atom is 0.410 e. The fourth-order valence-corrected chi connectivity index (χ4v) is 0.885. The Morgan fingerprint density at radius 2 is 2.31 bits per heavy atom. The molecule has 5 heteroatoms. The van der Waals surface area contributed by atoms with E-state index in [4.69, 9.17) is 10.2 Å². The topological polar surface area (TPSA) is 82.5 Å². The molecular formula is C8H10N2O3. The van der Waals surface area contributed by atoms with Gasteiger partial charge in [-0.1, -0.05) is 6.07 Å². The minimum Gasteiger partial charge on any atom is -0.465 e. The SMILES string of the molecule is O=C(O)Nc1ccc(CCO)cn1. The van der Waals surface area contributed by atoms with E-state index in [1.807, 2.05) is 0 Å². The maximum atomic E-state index is 10.2.